The zero-order chi connectivity index (χ0) is 15.9. The van der Waals surface area contributed by atoms with Crippen LogP contribution in [0.15, 0.2) is 35.7 Å². The SMILES string of the molecule is CC(C)NC(=S)NNC(=O)Cc1nc(-c2ccccc2)cs1. The Kier molecular flexibility index (Phi) is 5.85. The van der Waals surface area contributed by atoms with Gasteiger partial charge >= 0.3 is 0 Å². The highest BCUT2D eigenvalue weighted by Gasteiger charge is 2.09. The Morgan fingerprint density at radius 1 is 1.27 bits per heavy atom. The summed E-state index contributed by atoms with van der Waals surface area (Å²) < 4.78 is 0. The monoisotopic (exact) mass is 334 g/mol. The van der Waals surface area contributed by atoms with Crippen LogP contribution < -0.4 is 16.2 Å². The predicted octanol–water partition coefficient (Wildman–Crippen LogP) is 2.26. The van der Waals surface area contributed by atoms with Gasteiger partial charge in [-0.2, -0.15) is 0 Å². The highest BCUT2D eigenvalue weighted by atomic mass is 32.1. The third-order valence-electron chi connectivity index (χ3n) is 2.67. The molecule has 0 saturated carbocycles. The van der Waals surface area contributed by atoms with E-state index < -0.39 is 0 Å². The van der Waals surface area contributed by atoms with Crippen molar-refractivity contribution in [3.63, 3.8) is 0 Å². The fraction of sp³-hybridized carbons (Fsp3) is 0.267. The molecule has 0 bridgehead atoms. The van der Waals surface area contributed by atoms with Gasteiger partial charge < -0.3 is 5.32 Å². The maximum absolute atomic E-state index is 11.9. The van der Waals surface area contributed by atoms with Crippen LogP contribution in [0.25, 0.3) is 11.3 Å². The van der Waals surface area contributed by atoms with Gasteiger partial charge in [0.05, 0.1) is 12.1 Å². The number of thiocarbonyl (C=S) groups is 1. The smallest absolute Gasteiger partial charge is 0.245 e. The van der Waals surface area contributed by atoms with Crippen molar-refractivity contribution >= 4 is 34.6 Å². The van der Waals surface area contributed by atoms with Crippen LogP contribution in [0.1, 0.15) is 18.9 Å². The number of nitrogens with zero attached hydrogens (tertiary/aromatic N) is 1. The molecule has 5 nitrogen and oxygen atoms in total. The fourth-order valence-corrected chi connectivity index (χ4v) is 2.83. The van der Waals surface area contributed by atoms with Crippen LogP contribution >= 0.6 is 23.6 Å². The second-order valence-electron chi connectivity index (χ2n) is 4.97. The molecule has 0 unspecified atom stereocenters. The number of hydrogen-bond acceptors (Lipinski definition) is 4. The normalized spacial score (nSPS) is 10.3. The number of aromatic nitrogens is 1. The molecular weight excluding hydrogens is 316 g/mol. The summed E-state index contributed by atoms with van der Waals surface area (Å²) in [6.45, 7) is 3.94. The first-order valence-corrected chi connectivity index (χ1v) is 8.18. The molecule has 0 fully saturated rings. The van der Waals surface area contributed by atoms with Crippen LogP contribution in [0, 0.1) is 0 Å². The first-order chi connectivity index (χ1) is 10.5. The highest BCUT2D eigenvalue weighted by molar-refractivity contribution is 7.80. The average molecular weight is 334 g/mol. The van der Waals surface area contributed by atoms with Crippen LogP contribution in [0.4, 0.5) is 0 Å². The van der Waals surface area contributed by atoms with Crippen LogP contribution in [-0.2, 0) is 11.2 Å². The molecule has 1 aromatic carbocycles. The minimum atomic E-state index is -0.179. The van der Waals surface area contributed by atoms with Crippen molar-refractivity contribution in [1.29, 1.82) is 0 Å². The lowest BCUT2D eigenvalue weighted by molar-refractivity contribution is -0.121. The Hall–Kier alpha value is -1.99. The third-order valence-corrected chi connectivity index (χ3v) is 3.74. The number of amides is 1. The van der Waals surface area contributed by atoms with E-state index in [4.69, 9.17) is 12.2 Å². The number of hydrogen-bond donors (Lipinski definition) is 3. The predicted molar refractivity (Wildman–Crippen MR) is 93.4 cm³/mol. The molecule has 1 heterocycles. The molecular formula is C15H18N4OS2. The molecule has 3 N–H and O–H groups in total. The molecule has 1 aromatic heterocycles. The molecule has 1 amide bonds. The first-order valence-electron chi connectivity index (χ1n) is 6.90. The van der Waals surface area contributed by atoms with Crippen molar-refractivity contribution in [3.8, 4) is 11.3 Å². The molecule has 7 heteroatoms. The molecule has 0 aliphatic heterocycles. The zero-order valence-electron chi connectivity index (χ0n) is 12.4. The van der Waals surface area contributed by atoms with Gasteiger partial charge in [-0.05, 0) is 26.1 Å². The van der Waals surface area contributed by atoms with Crippen LogP contribution in [-0.4, -0.2) is 22.0 Å². The van der Waals surface area contributed by atoms with Gasteiger partial charge in [0.15, 0.2) is 5.11 Å². The lowest BCUT2D eigenvalue weighted by Crippen LogP contribution is -2.48. The Bertz CT molecular complexity index is 640. The lowest BCUT2D eigenvalue weighted by Gasteiger charge is -2.13. The summed E-state index contributed by atoms with van der Waals surface area (Å²) in [5.41, 5.74) is 7.16. The number of thiazole rings is 1. The lowest BCUT2D eigenvalue weighted by atomic mass is 10.2. The summed E-state index contributed by atoms with van der Waals surface area (Å²) in [5.74, 6) is -0.179. The van der Waals surface area contributed by atoms with Crippen molar-refractivity contribution in [2.24, 2.45) is 0 Å². The first kappa shape index (κ1) is 16.4. The Balaban J connectivity index is 1.85. The number of hydrazine groups is 1. The summed E-state index contributed by atoms with van der Waals surface area (Å²) in [6, 6.07) is 10.1. The fourth-order valence-electron chi connectivity index (χ4n) is 1.74. The Labute approximate surface area is 139 Å². The highest BCUT2D eigenvalue weighted by Crippen LogP contribution is 2.21. The van der Waals surface area contributed by atoms with Crippen LogP contribution in [0.3, 0.4) is 0 Å². The van der Waals surface area contributed by atoms with Crippen molar-refractivity contribution in [2.45, 2.75) is 26.3 Å². The number of rotatable bonds is 4. The standard InChI is InChI=1S/C15H18N4OS2/c1-10(2)16-15(21)19-18-13(20)8-14-17-12(9-22-14)11-6-4-3-5-7-11/h3-7,9-10H,8H2,1-2H3,(H,18,20)(H2,16,19,21). The topological polar surface area (TPSA) is 66.0 Å². The van der Waals surface area contributed by atoms with E-state index in [1.807, 2.05) is 49.6 Å². The van der Waals surface area contributed by atoms with E-state index in [-0.39, 0.29) is 18.4 Å². The van der Waals surface area contributed by atoms with E-state index in [2.05, 4.69) is 21.2 Å². The van der Waals surface area contributed by atoms with E-state index in [9.17, 15) is 4.79 Å². The van der Waals surface area contributed by atoms with Gasteiger partial charge in [-0.25, -0.2) is 4.98 Å². The number of carbonyl (C=O) groups is 1. The second kappa shape index (κ2) is 7.86. The van der Waals surface area contributed by atoms with Gasteiger partial charge in [0.2, 0.25) is 5.91 Å². The maximum Gasteiger partial charge on any atom is 0.245 e. The summed E-state index contributed by atoms with van der Waals surface area (Å²) in [5, 5.41) is 6.10. The largest absolute Gasteiger partial charge is 0.359 e. The van der Waals surface area contributed by atoms with Crippen molar-refractivity contribution < 1.29 is 4.79 Å². The number of nitrogens with one attached hydrogen (secondary N) is 3. The molecule has 0 radical (unpaired) electrons. The van der Waals surface area contributed by atoms with E-state index in [0.29, 0.717) is 5.11 Å². The van der Waals surface area contributed by atoms with E-state index in [1.165, 1.54) is 11.3 Å². The van der Waals surface area contributed by atoms with Gasteiger partial charge in [0.1, 0.15) is 5.01 Å². The molecule has 116 valence electrons. The van der Waals surface area contributed by atoms with E-state index >= 15 is 0 Å². The molecule has 2 rings (SSSR count). The minimum Gasteiger partial charge on any atom is -0.359 e. The average Bonchev–Trinajstić information content (AvgIpc) is 2.94. The van der Waals surface area contributed by atoms with Crippen LogP contribution in [0.2, 0.25) is 0 Å². The number of carbonyl (C=O) groups excluding carboxylic acids is 1. The summed E-state index contributed by atoms with van der Waals surface area (Å²) in [4.78, 5) is 16.3. The molecule has 0 atom stereocenters. The van der Waals surface area contributed by atoms with Gasteiger partial charge in [0, 0.05) is 17.0 Å². The summed E-state index contributed by atoms with van der Waals surface area (Å²) >= 11 is 6.50. The Morgan fingerprint density at radius 2 is 2.00 bits per heavy atom. The summed E-state index contributed by atoms with van der Waals surface area (Å²) in [6.07, 6.45) is 0.217. The molecule has 2 aromatic rings. The van der Waals surface area contributed by atoms with Gasteiger partial charge in [-0.15, -0.1) is 11.3 Å². The molecule has 0 aliphatic carbocycles. The van der Waals surface area contributed by atoms with Gasteiger partial charge in [0.25, 0.3) is 0 Å². The molecule has 0 aliphatic rings. The van der Waals surface area contributed by atoms with Gasteiger partial charge in [-0.3, -0.25) is 15.6 Å². The quantitative estimate of drug-likeness (QED) is 0.591. The molecule has 0 spiro atoms. The van der Waals surface area contributed by atoms with E-state index in [1.54, 1.807) is 0 Å². The van der Waals surface area contributed by atoms with Crippen molar-refractivity contribution in [3.05, 3.63) is 40.7 Å². The Morgan fingerprint density at radius 3 is 2.68 bits per heavy atom. The van der Waals surface area contributed by atoms with Gasteiger partial charge in [-0.1, -0.05) is 30.3 Å². The molecule has 22 heavy (non-hydrogen) atoms. The van der Waals surface area contributed by atoms with Crippen LogP contribution in [0.5, 0.6) is 0 Å². The number of benzene rings is 1. The second-order valence-corrected chi connectivity index (χ2v) is 6.32. The summed E-state index contributed by atoms with van der Waals surface area (Å²) in [7, 11) is 0. The van der Waals surface area contributed by atoms with E-state index in [0.717, 1.165) is 16.3 Å². The van der Waals surface area contributed by atoms with Crippen molar-refractivity contribution in [1.82, 2.24) is 21.2 Å². The maximum atomic E-state index is 11.9. The zero-order valence-corrected chi connectivity index (χ0v) is 14.1. The van der Waals surface area contributed by atoms with Crippen molar-refractivity contribution in [2.75, 3.05) is 0 Å². The molecule has 0 saturated heterocycles. The third kappa shape index (κ3) is 5.09. The minimum absolute atomic E-state index is 0.179.